The second-order valence-electron chi connectivity index (χ2n) is 6.21. The number of nitrogens with zero attached hydrogens (tertiary/aromatic N) is 1. The Morgan fingerprint density at radius 1 is 1.21 bits per heavy atom. The quantitative estimate of drug-likeness (QED) is 0.480. The molecule has 0 heterocycles. The van der Waals surface area contributed by atoms with Gasteiger partial charge in [-0.1, -0.05) is 24.3 Å². The minimum Gasteiger partial charge on any atom is -0.374 e. The lowest BCUT2D eigenvalue weighted by molar-refractivity contribution is 0.00645. The Bertz CT molecular complexity index is 593. The molecule has 24 heavy (non-hydrogen) atoms. The Morgan fingerprint density at radius 3 is 2.58 bits per heavy atom. The fourth-order valence-electron chi connectivity index (χ4n) is 3.00. The zero-order chi connectivity index (χ0) is 17.2. The maximum absolute atomic E-state index is 12.9. The van der Waals surface area contributed by atoms with Crippen LogP contribution in [0.1, 0.15) is 44.1 Å². The lowest BCUT2D eigenvalue weighted by atomic mass is 9.84. The fraction of sp³-hybridized carbons (Fsp3) is 0.450. The second kappa shape index (κ2) is 10.00. The first-order chi connectivity index (χ1) is 11.7. The summed E-state index contributed by atoms with van der Waals surface area (Å²) in [5.41, 5.74) is 1.00. The first-order valence-electron chi connectivity index (χ1n) is 8.46. The maximum atomic E-state index is 12.9. The number of benzene rings is 1. The molecular formula is C20H23F2NO. The molecule has 0 bridgehead atoms. The molecule has 1 fully saturated rings. The molecule has 0 aromatic heterocycles. The molecule has 0 unspecified atom stereocenters. The Balaban J connectivity index is 1.61. The summed E-state index contributed by atoms with van der Waals surface area (Å²) in [7, 11) is 0. The first-order valence-corrected chi connectivity index (χ1v) is 8.46. The molecule has 0 atom stereocenters. The van der Waals surface area contributed by atoms with Crippen LogP contribution in [0.4, 0.5) is 8.78 Å². The van der Waals surface area contributed by atoms with Gasteiger partial charge in [0.05, 0.1) is 12.7 Å². The zero-order valence-corrected chi connectivity index (χ0v) is 13.8. The number of hydrogen-bond acceptors (Lipinski definition) is 2. The average molecular weight is 331 g/mol. The Morgan fingerprint density at radius 2 is 1.92 bits per heavy atom. The summed E-state index contributed by atoms with van der Waals surface area (Å²) in [5, 5.41) is 8.29. The second-order valence-corrected chi connectivity index (χ2v) is 6.21. The molecule has 4 heteroatoms. The summed E-state index contributed by atoms with van der Waals surface area (Å²) in [4.78, 5) is 0. The number of ether oxygens (including phenoxy) is 1. The SMILES string of the molecule is N#CC(F)=CC=CCC[C@H]1CC[C@H](OCc2ccc(F)cc2)CC1. The molecule has 0 radical (unpaired) electrons. The van der Waals surface area contributed by atoms with Crippen molar-refractivity contribution in [3.05, 3.63) is 59.7 Å². The Hall–Kier alpha value is -1.99. The van der Waals surface area contributed by atoms with Crippen molar-refractivity contribution in [3.63, 3.8) is 0 Å². The van der Waals surface area contributed by atoms with Gasteiger partial charge in [0.15, 0.2) is 5.83 Å². The van der Waals surface area contributed by atoms with Crippen LogP contribution in [0.3, 0.4) is 0 Å². The Kier molecular flexibility index (Phi) is 7.64. The van der Waals surface area contributed by atoms with Crippen molar-refractivity contribution in [3.8, 4) is 6.07 Å². The van der Waals surface area contributed by atoms with Crippen molar-refractivity contribution < 1.29 is 13.5 Å². The van der Waals surface area contributed by atoms with Gasteiger partial charge < -0.3 is 4.74 Å². The molecule has 0 spiro atoms. The lowest BCUT2D eigenvalue weighted by Crippen LogP contribution is -2.21. The first kappa shape index (κ1) is 18.4. The maximum Gasteiger partial charge on any atom is 0.199 e. The van der Waals surface area contributed by atoms with Gasteiger partial charge in [-0.2, -0.15) is 9.65 Å². The molecule has 1 saturated carbocycles. The normalized spacial score (nSPS) is 21.8. The zero-order valence-electron chi connectivity index (χ0n) is 13.8. The highest BCUT2D eigenvalue weighted by molar-refractivity contribution is 5.18. The number of nitriles is 1. The number of allylic oxidation sites excluding steroid dienone is 4. The Labute approximate surface area is 142 Å². The van der Waals surface area contributed by atoms with Crippen LogP contribution in [0.5, 0.6) is 0 Å². The van der Waals surface area contributed by atoms with E-state index in [1.165, 1.54) is 24.3 Å². The lowest BCUT2D eigenvalue weighted by Gasteiger charge is -2.28. The van der Waals surface area contributed by atoms with E-state index in [9.17, 15) is 8.78 Å². The van der Waals surface area contributed by atoms with Crippen LogP contribution in [0, 0.1) is 23.1 Å². The van der Waals surface area contributed by atoms with Crippen molar-refractivity contribution in [2.24, 2.45) is 5.92 Å². The summed E-state index contributed by atoms with van der Waals surface area (Å²) in [5.74, 6) is -0.297. The van der Waals surface area contributed by atoms with Crippen molar-refractivity contribution in [2.75, 3.05) is 0 Å². The van der Waals surface area contributed by atoms with Gasteiger partial charge in [0.25, 0.3) is 0 Å². The third-order valence-corrected chi connectivity index (χ3v) is 4.42. The van der Waals surface area contributed by atoms with Gasteiger partial charge in [-0.15, -0.1) is 0 Å². The highest BCUT2D eigenvalue weighted by Gasteiger charge is 2.21. The summed E-state index contributed by atoms with van der Waals surface area (Å²) in [6, 6.07) is 7.89. The molecule has 1 aliphatic rings. The van der Waals surface area contributed by atoms with Gasteiger partial charge in [0.2, 0.25) is 0 Å². The molecule has 0 saturated heterocycles. The number of hydrogen-bond donors (Lipinski definition) is 0. The molecule has 0 aliphatic heterocycles. The van der Waals surface area contributed by atoms with Crippen molar-refractivity contribution >= 4 is 0 Å². The van der Waals surface area contributed by atoms with E-state index in [1.54, 1.807) is 18.2 Å². The van der Waals surface area contributed by atoms with Crippen LogP contribution < -0.4 is 0 Å². The van der Waals surface area contributed by atoms with E-state index in [1.807, 2.05) is 6.08 Å². The molecule has 128 valence electrons. The minimum absolute atomic E-state index is 0.223. The minimum atomic E-state index is -0.759. The van der Waals surface area contributed by atoms with E-state index in [0.717, 1.165) is 44.1 Å². The van der Waals surface area contributed by atoms with E-state index < -0.39 is 5.83 Å². The predicted octanol–water partition coefficient (Wildman–Crippen LogP) is 5.61. The average Bonchev–Trinajstić information content (AvgIpc) is 2.61. The molecule has 1 aromatic rings. The van der Waals surface area contributed by atoms with Gasteiger partial charge in [0.1, 0.15) is 11.9 Å². The summed E-state index contributed by atoms with van der Waals surface area (Å²) < 4.78 is 31.4. The van der Waals surface area contributed by atoms with Crippen LogP contribution in [0.25, 0.3) is 0 Å². The third kappa shape index (κ3) is 6.64. The van der Waals surface area contributed by atoms with E-state index in [2.05, 4.69) is 0 Å². The highest BCUT2D eigenvalue weighted by Crippen LogP contribution is 2.30. The molecule has 2 rings (SSSR count). The highest BCUT2D eigenvalue weighted by atomic mass is 19.1. The smallest absolute Gasteiger partial charge is 0.199 e. The van der Waals surface area contributed by atoms with Gasteiger partial charge in [-0.05, 0) is 68.2 Å². The number of rotatable bonds is 7. The van der Waals surface area contributed by atoms with Crippen molar-refractivity contribution in [1.82, 2.24) is 0 Å². The van der Waals surface area contributed by atoms with Crippen LogP contribution >= 0.6 is 0 Å². The topological polar surface area (TPSA) is 33.0 Å². The summed E-state index contributed by atoms with van der Waals surface area (Å²) in [6.07, 6.45) is 11.4. The molecular weight excluding hydrogens is 308 g/mol. The van der Waals surface area contributed by atoms with Crippen LogP contribution in [-0.4, -0.2) is 6.10 Å². The standard InChI is InChI=1S/C20H23F2NO/c21-18-10-6-17(7-11-18)15-24-20-12-8-16(9-13-20)4-2-1-3-5-19(22)14-23/h1,3,5-7,10-11,16,20H,2,4,8-9,12-13,15H2/t16-,20-. The van der Waals surface area contributed by atoms with Gasteiger partial charge in [-0.3, -0.25) is 0 Å². The molecule has 0 N–H and O–H groups in total. The van der Waals surface area contributed by atoms with Crippen LogP contribution in [-0.2, 0) is 11.3 Å². The predicted molar refractivity (Wildman–Crippen MR) is 90.1 cm³/mol. The van der Waals surface area contributed by atoms with Gasteiger partial charge in [-0.25, -0.2) is 4.39 Å². The third-order valence-electron chi connectivity index (χ3n) is 4.42. The molecule has 1 aliphatic carbocycles. The van der Waals surface area contributed by atoms with Crippen molar-refractivity contribution in [1.29, 1.82) is 5.26 Å². The summed E-state index contributed by atoms with van der Waals surface area (Å²) >= 11 is 0. The van der Waals surface area contributed by atoms with E-state index in [4.69, 9.17) is 10.00 Å². The molecule has 0 amide bonds. The van der Waals surface area contributed by atoms with E-state index in [0.29, 0.717) is 12.5 Å². The summed E-state index contributed by atoms with van der Waals surface area (Å²) in [6.45, 7) is 0.537. The van der Waals surface area contributed by atoms with E-state index >= 15 is 0 Å². The largest absolute Gasteiger partial charge is 0.374 e. The van der Waals surface area contributed by atoms with Crippen LogP contribution in [0.15, 0.2) is 48.3 Å². The van der Waals surface area contributed by atoms with E-state index in [-0.39, 0.29) is 11.9 Å². The van der Waals surface area contributed by atoms with Crippen molar-refractivity contribution in [2.45, 2.75) is 51.2 Å². The fourth-order valence-corrected chi connectivity index (χ4v) is 3.00. The monoisotopic (exact) mass is 331 g/mol. The van der Waals surface area contributed by atoms with Crippen LogP contribution in [0.2, 0.25) is 0 Å². The molecule has 1 aromatic carbocycles. The number of halogens is 2. The van der Waals surface area contributed by atoms with Gasteiger partial charge in [0, 0.05) is 0 Å². The van der Waals surface area contributed by atoms with Gasteiger partial charge >= 0.3 is 0 Å². The molecule has 2 nitrogen and oxygen atoms in total.